The van der Waals surface area contributed by atoms with Gasteiger partial charge in [0.2, 0.25) is 0 Å². The number of carboxylic acid groups (broad SMARTS) is 1. The molecular formula is C24H32F3N5O3. The van der Waals surface area contributed by atoms with Crippen LogP contribution in [0.5, 0.6) is 0 Å². The smallest absolute Gasteiger partial charge is 0.475 e. The minimum atomic E-state index is -5.08. The third-order valence-electron chi connectivity index (χ3n) is 6.40. The Morgan fingerprint density at radius 1 is 1.03 bits per heavy atom. The van der Waals surface area contributed by atoms with E-state index in [0.29, 0.717) is 11.7 Å². The monoisotopic (exact) mass is 495 g/mol. The highest BCUT2D eigenvalue weighted by molar-refractivity contribution is 5.92. The van der Waals surface area contributed by atoms with Crippen LogP contribution in [0.1, 0.15) is 35.3 Å². The molecule has 2 aromatic rings. The molecule has 8 nitrogen and oxygen atoms in total. The number of para-hydroxylation sites is 1. The van der Waals surface area contributed by atoms with Gasteiger partial charge in [0.25, 0.3) is 5.91 Å². The molecule has 0 spiro atoms. The zero-order valence-corrected chi connectivity index (χ0v) is 20.0. The molecule has 1 N–H and O–H groups in total. The lowest BCUT2D eigenvalue weighted by Crippen LogP contribution is -2.52. The van der Waals surface area contributed by atoms with Crippen LogP contribution in [0.15, 0.2) is 36.5 Å². The molecule has 192 valence electrons. The fourth-order valence-electron chi connectivity index (χ4n) is 4.34. The number of likely N-dealkylation sites (tertiary alicyclic amines) is 1. The molecule has 2 aliphatic rings. The average molecular weight is 496 g/mol. The second-order valence-corrected chi connectivity index (χ2v) is 8.97. The van der Waals surface area contributed by atoms with E-state index in [1.807, 2.05) is 40.0 Å². The molecule has 2 aliphatic heterocycles. The van der Waals surface area contributed by atoms with Crippen LogP contribution in [0.4, 0.5) is 13.2 Å². The summed E-state index contributed by atoms with van der Waals surface area (Å²) in [7, 11) is 2.19. The molecule has 1 atom stereocenters. The maximum atomic E-state index is 13.2. The second kappa shape index (κ2) is 11.7. The molecule has 0 saturated carbocycles. The quantitative estimate of drug-likeness (QED) is 0.705. The SMILES string of the molecule is Cc1ccccc1-n1ccc(C(=O)N2CCCCC(N3CCN(C)CC3)C2)n1.O=C(O)C(F)(F)F. The van der Waals surface area contributed by atoms with Gasteiger partial charge in [-0.1, -0.05) is 24.6 Å². The Morgan fingerprint density at radius 2 is 1.69 bits per heavy atom. The predicted octanol–water partition coefficient (Wildman–Crippen LogP) is 3.06. The predicted molar refractivity (Wildman–Crippen MR) is 125 cm³/mol. The first-order valence-electron chi connectivity index (χ1n) is 11.7. The number of hydrogen-bond donors (Lipinski definition) is 1. The van der Waals surface area contributed by atoms with Crippen LogP contribution >= 0.6 is 0 Å². The van der Waals surface area contributed by atoms with Gasteiger partial charge in [0.15, 0.2) is 5.69 Å². The van der Waals surface area contributed by atoms with Crippen molar-refractivity contribution in [2.45, 2.75) is 38.4 Å². The summed E-state index contributed by atoms with van der Waals surface area (Å²) in [4.78, 5) is 29.1. The van der Waals surface area contributed by atoms with Crippen LogP contribution in [0, 0.1) is 6.92 Å². The summed E-state index contributed by atoms with van der Waals surface area (Å²) in [5.74, 6) is -2.69. The number of aliphatic carboxylic acids is 1. The summed E-state index contributed by atoms with van der Waals surface area (Å²) >= 11 is 0. The third kappa shape index (κ3) is 7.28. The van der Waals surface area contributed by atoms with Crippen molar-refractivity contribution in [3.8, 4) is 5.69 Å². The summed E-state index contributed by atoms with van der Waals surface area (Å²) in [6.45, 7) is 8.15. The van der Waals surface area contributed by atoms with E-state index in [4.69, 9.17) is 9.90 Å². The molecule has 0 radical (unpaired) electrons. The summed E-state index contributed by atoms with van der Waals surface area (Å²) in [6.07, 6.45) is 0.267. The molecule has 2 saturated heterocycles. The zero-order chi connectivity index (χ0) is 25.6. The molecule has 1 aromatic heterocycles. The number of amides is 1. The lowest BCUT2D eigenvalue weighted by atomic mass is 10.1. The highest BCUT2D eigenvalue weighted by Gasteiger charge is 2.38. The first-order valence-corrected chi connectivity index (χ1v) is 11.7. The van der Waals surface area contributed by atoms with Crippen molar-refractivity contribution in [2.75, 3.05) is 46.3 Å². The summed E-state index contributed by atoms with van der Waals surface area (Å²) in [5.41, 5.74) is 2.71. The second-order valence-electron chi connectivity index (χ2n) is 8.97. The summed E-state index contributed by atoms with van der Waals surface area (Å²) in [5, 5.41) is 11.7. The number of piperazine rings is 1. The van der Waals surface area contributed by atoms with Crippen molar-refractivity contribution < 1.29 is 27.9 Å². The number of rotatable bonds is 3. The summed E-state index contributed by atoms with van der Waals surface area (Å²) in [6, 6.07) is 10.4. The Morgan fingerprint density at radius 3 is 2.31 bits per heavy atom. The number of carboxylic acids is 1. The van der Waals surface area contributed by atoms with E-state index in [2.05, 4.69) is 34.9 Å². The van der Waals surface area contributed by atoms with Gasteiger partial charge < -0.3 is 14.9 Å². The topological polar surface area (TPSA) is 81.9 Å². The van der Waals surface area contributed by atoms with Gasteiger partial charge in [-0.3, -0.25) is 9.69 Å². The van der Waals surface area contributed by atoms with Gasteiger partial charge in [-0.05, 0) is 44.5 Å². The van der Waals surface area contributed by atoms with Crippen molar-refractivity contribution in [1.29, 1.82) is 0 Å². The fourth-order valence-corrected chi connectivity index (χ4v) is 4.34. The maximum Gasteiger partial charge on any atom is 0.490 e. The van der Waals surface area contributed by atoms with Crippen molar-refractivity contribution in [1.82, 2.24) is 24.5 Å². The van der Waals surface area contributed by atoms with Crippen LogP contribution in [0.3, 0.4) is 0 Å². The van der Waals surface area contributed by atoms with Crippen molar-refractivity contribution in [3.05, 3.63) is 47.8 Å². The molecular weight excluding hydrogens is 463 g/mol. The van der Waals surface area contributed by atoms with E-state index >= 15 is 0 Å². The fraction of sp³-hybridized carbons (Fsp3) is 0.542. The van der Waals surface area contributed by atoms with E-state index < -0.39 is 12.1 Å². The molecule has 0 bridgehead atoms. The molecule has 1 unspecified atom stereocenters. The molecule has 0 aliphatic carbocycles. The minimum absolute atomic E-state index is 0.0633. The average Bonchev–Trinajstić information content (AvgIpc) is 3.17. The van der Waals surface area contributed by atoms with Gasteiger partial charge >= 0.3 is 12.1 Å². The number of carbonyl (C=O) groups excluding carboxylic acids is 1. The maximum absolute atomic E-state index is 13.2. The van der Waals surface area contributed by atoms with E-state index in [1.54, 1.807) is 0 Å². The number of halogens is 3. The first-order chi connectivity index (χ1) is 16.6. The van der Waals surface area contributed by atoms with Gasteiger partial charge in [0.1, 0.15) is 0 Å². The van der Waals surface area contributed by atoms with Gasteiger partial charge in [0, 0.05) is 51.5 Å². The molecule has 35 heavy (non-hydrogen) atoms. The van der Waals surface area contributed by atoms with Gasteiger partial charge in [0.05, 0.1) is 5.69 Å². The van der Waals surface area contributed by atoms with E-state index in [-0.39, 0.29) is 5.91 Å². The molecule has 2 fully saturated rings. The van der Waals surface area contributed by atoms with Crippen LogP contribution < -0.4 is 0 Å². The highest BCUT2D eigenvalue weighted by atomic mass is 19.4. The van der Waals surface area contributed by atoms with Gasteiger partial charge in [-0.2, -0.15) is 18.3 Å². The van der Waals surface area contributed by atoms with Gasteiger partial charge in [-0.25, -0.2) is 9.48 Å². The number of aryl methyl sites for hydroxylation is 1. The van der Waals surface area contributed by atoms with Crippen LogP contribution in [0.25, 0.3) is 5.69 Å². The Bertz CT molecular complexity index is 1000. The largest absolute Gasteiger partial charge is 0.490 e. The lowest BCUT2D eigenvalue weighted by molar-refractivity contribution is -0.192. The van der Waals surface area contributed by atoms with Gasteiger partial charge in [-0.15, -0.1) is 0 Å². The Hall–Kier alpha value is -2.92. The number of alkyl halides is 3. The lowest BCUT2D eigenvalue weighted by Gasteiger charge is -2.39. The van der Waals surface area contributed by atoms with Crippen molar-refractivity contribution >= 4 is 11.9 Å². The number of aromatic nitrogens is 2. The Kier molecular flexibility index (Phi) is 8.90. The number of benzene rings is 1. The minimum Gasteiger partial charge on any atom is -0.475 e. The standard InChI is InChI=1S/C22H31N5O.C2HF3O2/c1-18-7-3-4-9-21(18)27-12-10-20(23-27)22(28)26-11-6-5-8-19(17-26)25-15-13-24(2)14-16-25;3-2(4,5)1(6)7/h3-4,7,9-10,12,19H,5-6,8,11,13-17H2,1-2H3;(H,6,7). The van der Waals surface area contributed by atoms with Crippen LogP contribution in [0.2, 0.25) is 0 Å². The summed E-state index contributed by atoms with van der Waals surface area (Å²) < 4.78 is 33.6. The van der Waals surface area contributed by atoms with Crippen LogP contribution in [-0.2, 0) is 4.79 Å². The van der Waals surface area contributed by atoms with Crippen molar-refractivity contribution in [2.24, 2.45) is 0 Å². The Balaban J connectivity index is 0.000000429. The molecule has 4 rings (SSSR count). The highest BCUT2D eigenvalue weighted by Crippen LogP contribution is 2.20. The van der Waals surface area contributed by atoms with Crippen LogP contribution in [-0.4, -0.2) is 100.0 Å². The zero-order valence-electron chi connectivity index (χ0n) is 20.0. The van der Waals surface area contributed by atoms with E-state index in [0.717, 1.165) is 56.9 Å². The Labute approximate surface area is 202 Å². The van der Waals surface area contributed by atoms with E-state index in [1.165, 1.54) is 12.8 Å². The number of carbonyl (C=O) groups is 2. The number of nitrogens with zero attached hydrogens (tertiary/aromatic N) is 5. The number of likely N-dealkylation sites (N-methyl/N-ethyl adjacent to an activating group) is 1. The number of hydrogen-bond acceptors (Lipinski definition) is 5. The normalized spacial score (nSPS) is 20.0. The molecule has 1 aromatic carbocycles. The third-order valence-corrected chi connectivity index (χ3v) is 6.40. The molecule has 11 heteroatoms. The van der Waals surface area contributed by atoms with E-state index in [9.17, 15) is 18.0 Å². The van der Waals surface area contributed by atoms with Crippen molar-refractivity contribution in [3.63, 3.8) is 0 Å². The molecule has 3 heterocycles. The molecule has 1 amide bonds. The first kappa shape index (κ1) is 26.7.